The highest BCUT2D eigenvalue weighted by Crippen LogP contribution is 2.30. The van der Waals surface area contributed by atoms with E-state index in [1.807, 2.05) is 43.4 Å². The Morgan fingerprint density at radius 1 is 0.939 bits per heavy atom. The minimum Gasteiger partial charge on any atom is -0.504 e. The van der Waals surface area contributed by atoms with Gasteiger partial charge in [0.05, 0.1) is 14.2 Å². The first kappa shape index (κ1) is 24.6. The predicted octanol–water partition coefficient (Wildman–Crippen LogP) is 4.26. The van der Waals surface area contributed by atoms with Gasteiger partial charge in [-0.25, -0.2) is 4.98 Å². The monoisotopic (exact) mass is 471 g/mol. The van der Waals surface area contributed by atoms with E-state index in [9.17, 15) is 5.11 Å². The van der Waals surface area contributed by atoms with E-state index in [-0.39, 0.29) is 5.75 Å². The lowest BCUT2D eigenvalue weighted by Crippen LogP contribution is -2.33. The molecule has 0 unspecified atom stereocenters. The van der Waals surface area contributed by atoms with Gasteiger partial charge in [0.1, 0.15) is 11.8 Å². The Morgan fingerprint density at radius 3 is 2.36 bits per heavy atom. The second kappa shape index (κ2) is 12.3. The lowest BCUT2D eigenvalue weighted by Gasteiger charge is -2.23. The summed E-state index contributed by atoms with van der Waals surface area (Å²) in [7, 11) is 5.12. The molecule has 1 aromatic heterocycles. The molecule has 0 aliphatic carbocycles. The minimum absolute atomic E-state index is 0.148. The number of hydrogen-bond donors (Lipinski definition) is 2. The number of nitrogens with zero attached hydrogens (tertiary/aromatic N) is 2. The molecular formula is C25H30ClN3O4. The zero-order chi connectivity index (χ0) is 23.6. The van der Waals surface area contributed by atoms with E-state index in [1.54, 1.807) is 32.5 Å². The van der Waals surface area contributed by atoms with E-state index in [1.165, 1.54) is 0 Å². The van der Waals surface area contributed by atoms with E-state index in [2.05, 4.69) is 15.2 Å². The molecule has 0 aliphatic heterocycles. The van der Waals surface area contributed by atoms with Crippen molar-refractivity contribution in [2.24, 2.45) is 0 Å². The maximum Gasteiger partial charge on any atom is 0.161 e. The SMILES string of the molecule is CNCN(CCc1ccc(O)c(OC)c1)Cc1ccc(OCc2ccc(Cl)nc2)c(OC)c1. The van der Waals surface area contributed by atoms with Crippen LogP contribution in [0.5, 0.6) is 23.0 Å². The molecule has 33 heavy (non-hydrogen) atoms. The fourth-order valence-electron chi connectivity index (χ4n) is 3.44. The number of aromatic hydroxyl groups is 1. The third-order valence-corrected chi connectivity index (χ3v) is 5.38. The average Bonchev–Trinajstić information content (AvgIpc) is 2.83. The van der Waals surface area contributed by atoms with Crippen molar-refractivity contribution < 1.29 is 19.3 Å². The fraction of sp³-hybridized carbons (Fsp3) is 0.320. The highest BCUT2D eigenvalue weighted by atomic mass is 35.5. The number of phenols is 1. The van der Waals surface area contributed by atoms with Crippen LogP contribution in [0.25, 0.3) is 0 Å². The van der Waals surface area contributed by atoms with Gasteiger partial charge in [0, 0.05) is 31.5 Å². The Bertz CT molecular complexity index is 1030. The zero-order valence-corrected chi connectivity index (χ0v) is 19.9. The van der Waals surface area contributed by atoms with E-state index in [0.717, 1.165) is 42.9 Å². The molecule has 0 aliphatic rings. The van der Waals surface area contributed by atoms with Crippen LogP contribution in [-0.2, 0) is 19.6 Å². The Labute approximate surface area is 199 Å². The second-order valence-electron chi connectivity index (χ2n) is 7.58. The summed E-state index contributed by atoms with van der Waals surface area (Å²) >= 11 is 5.84. The molecule has 0 saturated heterocycles. The van der Waals surface area contributed by atoms with Gasteiger partial charge >= 0.3 is 0 Å². The van der Waals surface area contributed by atoms with Crippen molar-refractivity contribution in [2.75, 3.05) is 34.5 Å². The van der Waals surface area contributed by atoms with Crippen LogP contribution < -0.4 is 19.5 Å². The third-order valence-electron chi connectivity index (χ3n) is 5.16. The van der Waals surface area contributed by atoms with Gasteiger partial charge in [0.2, 0.25) is 0 Å². The lowest BCUT2D eigenvalue weighted by atomic mass is 10.1. The summed E-state index contributed by atoms with van der Waals surface area (Å²) in [5.74, 6) is 1.99. The van der Waals surface area contributed by atoms with Crippen molar-refractivity contribution >= 4 is 11.6 Å². The van der Waals surface area contributed by atoms with E-state index in [4.69, 9.17) is 25.8 Å². The van der Waals surface area contributed by atoms with Gasteiger partial charge in [-0.2, -0.15) is 0 Å². The van der Waals surface area contributed by atoms with Crippen molar-refractivity contribution in [1.82, 2.24) is 15.2 Å². The van der Waals surface area contributed by atoms with Crippen LogP contribution in [-0.4, -0.2) is 49.5 Å². The molecule has 1 heterocycles. The molecule has 0 atom stereocenters. The molecule has 2 aromatic carbocycles. The number of ether oxygens (including phenoxy) is 3. The van der Waals surface area contributed by atoms with Crippen LogP contribution in [0.3, 0.4) is 0 Å². The van der Waals surface area contributed by atoms with Gasteiger partial charge in [-0.1, -0.05) is 29.8 Å². The van der Waals surface area contributed by atoms with E-state index >= 15 is 0 Å². The van der Waals surface area contributed by atoms with Crippen LogP contribution in [0.1, 0.15) is 16.7 Å². The molecule has 0 fully saturated rings. The van der Waals surface area contributed by atoms with Gasteiger partial charge in [-0.05, 0) is 54.9 Å². The Kier molecular flexibility index (Phi) is 9.18. The van der Waals surface area contributed by atoms with Crippen molar-refractivity contribution in [3.63, 3.8) is 0 Å². The topological polar surface area (TPSA) is 76.1 Å². The second-order valence-corrected chi connectivity index (χ2v) is 7.97. The minimum atomic E-state index is 0.148. The predicted molar refractivity (Wildman–Crippen MR) is 129 cm³/mol. The van der Waals surface area contributed by atoms with E-state index < -0.39 is 0 Å². The van der Waals surface area contributed by atoms with Crippen LogP contribution in [0, 0.1) is 0 Å². The molecule has 0 bridgehead atoms. The Hall–Kier alpha value is -3.00. The lowest BCUT2D eigenvalue weighted by molar-refractivity contribution is 0.253. The van der Waals surface area contributed by atoms with E-state index in [0.29, 0.717) is 29.0 Å². The summed E-state index contributed by atoms with van der Waals surface area (Å²) in [5.41, 5.74) is 3.14. The van der Waals surface area contributed by atoms with Crippen molar-refractivity contribution in [3.05, 3.63) is 76.6 Å². The summed E-state index contributed by atoms with van der Waals surface area (Å²) < 4.78 is 16.7. The highest BCUT2D eigenvalue weighted by Gasteiger charge is 2.11. The number of phenolic OH excluding ortho intramolecular Hbond substituents is 1. The molecule has 0 spiro atoms. The largest absolute Gasteiger partial charge is 0.504 e. The summed E-state index contributed by atoms with van der Waals surface area (Å²) in [6.45, 7) is 2.69. The van der Waals surface area contributed by atoms with Crippen LogP contribution in [0.4, 0.5) is 0 Å². The van der Waals surface area contributed by atoms with Gasteiger partial charge < -0.3 is 24.6 Å². The maximum atomic E-state index is 9.80. The molecule has 3 rings (SSSR count). The van der Waals surface area contributed by atoms with Crippen molar-refractivity contribution in [2.45, 2.75) is 19.6 Å². The number of aromatic nitrogens is 1. The van der Waals surface area contributed by atoms with Crippen LogP contribution >= 0.6 is 11.6 Å². The number of pyridine rings is 1. The average molecular weight is 472 g/mol. The number of methoxy groups -OCH3 is 2. The maximum absolute atomic E-state index is 9.80. The number of hydrogen-bond acceptors (Lipinski definition) is 7. The molecule has 3 aromatic rings. The number of rotatable bonds is 12. The first-order valence-electron chi connectivity index (χ1n) is 10.7. The molecular weight excluding hydrogens is 442 g/mol. The molecule has 0 saturated carbocycles. The Morgan fingerprint density at radius 2 is 1.67 bits per heavy atom. The fourth-order valence-corrected chi connectivity index (χ4v) is 3.55. The molecule has 7 nitrogen and oxygen atoms in total. The summed E-state index contributed by atoms with van der Waals surface area (Å²) in [6, 6.07) is 15.1. The normalized spacial score (nSPS) is 10.9. The first-order chi connectivity index (χ1) is 16.0. The van der Waals surface area contributed by atoms with Crippen molar-refractivity contribution in [3.8, 4) is 23.0 Å². The standard InChI is InChI=1S/C25H30ClN3O4/c1-27-17-29(11-10-18-4-7-21(30)23(12-18)31-2)15-19-5-8-22(24(13-19)32-3)33-16-20-6-9-25(26)28-14-20/h4-9,12-14,27,30H,10-11,15-17H2,1-3H3. The summed E-state index contributed by atoms with van der Waals surface area (Å²) in [5, 5.41) is 13.5. The van der Waals surface area contributed by atoms with Gasteiger partial charge in [0.25, 0.3) is 0 Å². The molecule has 0 radical (unpaired) electrons. The number of nitrogens with one attached hydrogen (secondary N) is 1. The van der Waals surface area contributed by atoms with Gasteiger partial charge in [-0.15, -0.1) is 0 Å². The molecule has 2 N–H and O–H groups in total. The van der Waals surface area contributed by atoms with Crippen LogP contribution in [0.15, 0.2) is 54.7 Å². The molecule has 8 heteroatoms. The zero-order valence-electron chi connectivity index (χ0n) is 19.2. The van der Waals surface area contributed by atoms with Crippen molar-refractivity contribution in [1.29, 1.82) is 0 Å². The smallest absolute Gasteiger partial charge is 0.161 e. The number of halogens is 1. The Balaban J connectivity index is 1.63. The quantitative estimate of drug-likeness (QED) is 0.302. The third kappa shape index (κ3) is 7.25. The summed E-state index contributed by atoms with van der Waals surface area (Å²) in [6.07, 6.45) is 2.52. The number of benzene rings is 2. The van der Waals surface area contributed by atoms with Crippen LogP contribution in [0.2, 0.25) is 5.15 Å². The van der Waals surface area contributed by atoms with Gasteiger partial charge in [0.15, 0.2) is 23.0 Å². The van der Waals surface area contributed by atoms with Gasteiger partial charge in [-0.3, -0.25) is 4.90 Å². The molecule has 0 amide bonds. The summed E-state index contributed by atoms with van der Waals surface area (Å²) in [4.78, 5) is 6.37. The highest BCUT2D eigenvalue weighted by molar-refractivity contribution is 6.29. The first-order valence-corrected chi connectivity index (χ1v) is 11.0. The molecule has 176 valence electrons.